The molecule has 2 aromatic rings. The van der Waals surface area contributed by atoms with Gasteiger partial charge in [0.25, 0.3) is 5.91 Å². The Hall–Kier alpha value is -2.56. The second-order valence-electron chi connectivity index (χ2n) is 4.28. The van der Waals surface area contributed by atoms with E-state index in [0.29, 0.717) is 30.0 Å². The zero-order valence-corrected chi connectivity index (χ0v) is 11.3. The number of carbonyl (C=O) groups is 1. The molecule has 3 N–H and O–H groups in total. The molecular formula is C15H17N3O2. The molecule has 0 atom stereocenters. The maximum absolute atomic E-state index is 12.0. The van der Waals surface area contributed by atoms with Crippen LogP contribution in [0, 0.1) is 0 Å². The number of pyridine rings is 1. The highest BCUT2D eigenvalue weighted by atomic mass is 16.5. The predicted octanol–water partition coefficient (Wildman–Crippen LogP) is 1.64. The highest BCUT2D eigenvalue weighted by Gasteiger charge is 2.08. The van der Waals surface area contributed by atoms with Gasteiger partial charge in [-0.2, -0.15) is 0 Å². The number of anilines is 1. The van der Waals surface area contributed by atoms with Crippen molar-refractivity contribution in [1.82, 2.24) is 10.3 Å². The first kappa shape index (κ1) is 13.9. The van der Waals surface area contributed by atoms with Crippen molar-refractivity contribution in [2.24, 2.45) is 0 Å². The molecule has 0 saturated heterocycles. The Balaban J connectivity index is 1.90. The molecule has 20 heavy (non-hydrogen) atoms. The summed E-state index contributed by atoms with van der Waals surface area (Å²) in [5, 5.41) is 2.84. The number of methoxy groups -OCH3 is 1. The number of aromatic nitrogens is 1. The number of rotatable bonds is 5. The summed E-state index contributed by atoms with van der Waals surface area (Å²) in [5.41, 5.74) is 7.69. The Labute approximate surface area is 117 Å². The van der Waals surface area contributed by atoms with Gasteiger partial charge in [0, 0.05) is 30.4 Å². The summed E-state index contributed by atoms with van der Waals surface area (Å²) < 4.78 is 5.05. The number of amides is 1. The van der Waals surface area contributed by atoms with Gasteiger partial charge in [-0.3, -0.25) is 9.78 Å². The van der Waals surface area contributed by atoms with Crippen molar-refractivity contribution < 1.29 is 9.53 Å². The van der Waals surface area contributed by atoms with Gasteiger partial charge in [0.1, 0.15) is 5.75 Å². The maximum atomic E-state index is 12.0. The molecule has 5 heteroatoms. The number of nitrogens with zero attached hydrogens (tertiary/aromatic N) is 1. The molecule has 0 aliphatic carbocycles. The van der Waals surface area contributed by atoms with Crippen LogP contribution in [0.5, 0.6) is 5.75 Å². The van der Waals surface area contributed by atoms with Crippen LogP contribution in [0.4, 0.5) is 5.69 Å². The molecule has 0 spiro atoms. The van der Waals surface area contributed by atoms with E-state index < -0.39 is 0 Å². The molecule has 0 aliphatic heterocycles. The van der Waals surface area contributed by atoms with Gasteiger partial charge in [0.15, 0.2) is 0 Å². The topological polar surface area (TPSA) is 77.2 Å². The van der Waals surface area contributed by atoms with E-state index in [1.807, 2.05) is 18.2 Å². The molecule has 1 aromatic carbocycles. The summed E-state index contributed by atoms with van der Waals surface area (Å²) >= 11 is 0. The zero-order chi connectivity index (χ0) is 14.4. The SMILES string of the molecule is COc1ccc(C(=O)NCCc2ccccn2)cc1N. The molecule has 5 nitrogen and oxygen atoms in total. The molecule has 1 amide bonds. The maximum Gasteiger partial charge on any atom is 0.251 e. The average Bonchev–Trinajstić information content (AvgIpc) is 2.48. The molecule has 1 heterocycles. The van der Waals surface area contributed by atoms with Gasteiger partial charge in [0.05, 0.1) is 12.8 Å². The quantitative estimate of drug-likeness (QED) is 0.810. The van der Waals surface area contributed by atoms with Crippen LogP contribution in [0.1, 0.15) is 16.1 Å². The van der Waals surface area contributed by atoms with Gasteiger partial charge in [-0.05, 0) is 30.3 Å². The number of nitrogen functional groups attached to an aromatic ring is 1. The Morgan fingerprint density at radius 2 is 2.20 bits per heavy atom. The smallest absolute Gasteiger partial charge is 0.251 e. The number of hydrogen-bond donors (Lipinski definition) is 2. The van der Waals surface area contributed by atoms with E-state index in [2.05, 4.69) is 10.3 Å². The number of hydrogen-bond acceptors (Lipinski definition) is 4. The van der Waals surface area contributed by atoms with Crippen LogP contribution < -0.4 is 15.8 Å². The third kappa shape index (κ3) is 3.47. The number of carbonyl (C=O) groups excluding carboxylic acids is 1. The first-order valence-electron chi connectivity index (χ1n) is 6.32. The monoisotopic (exact) mass is 271 g/mol. The fourth-order valence-corrected chi connectivity index (χ4v) is 1.83. The first-order valence-corrected chi connectivity index (χ1v) is 6.32. The van der Waals surface area contributed by atoms with Crippen LogP contribution in [-0.4, -0.2) is 24.5 Å². The normalized spacial score (nSPS) is 10.1. The van der Waals surface area contributed by atoms with Crippen molar-refractivity contribution in [3.63, 3.8) is 0 Å². The first-order chi connectivity index (χ1) is 9.70. The molecule has 0 bridgehead atoms. The van der Waals surface area contributed by atoms with Crippen LogP contribution in [0.25, 0.3) is 0 Å². The van der Waals surface area contributed by atoms with Crippen LogP contribution in [0.3, 0.4) is 0 Å². The third-order valence-electron chi connectivity index (χ3n) is 2.88. The van der Waals surface area contributed by atoms with Crippen molar-refractivity contribution >= 4 is 11.6 Å². The summed E-state index contributed by atoms with van der Waals surface area (Å²) in [4.78, 5) is 16.2. The lowest BCUT2D eigenvalue weighted by molar-refractivity contribution is 0.0954. The summed E-state index contributed by atoms with van der Waals surface area (Å²) in [7, 11) is 1.54. The van der Waals surface area contributed by atoms with Gasteiger partial charge in [-0.1, -0.05) is 6.07 Å². The molecule has 1 aromatic heterocycles. The number of benzene rings is 1. The lowest BCUT2D eigenvalue weighted by Crippen LogP contribution is -2.26. The van der Waals surface area contributed by atoms with E-state index >= 15 is 0 Å². The number of ether oxygens (including phenoxy) is 1. The number of nitrogens with one attached hydrogen (secondary N) is 1. The lowest BCUT2D eigenvalue weighted by atomic mass is 10.1. The molecule has 104 valence electrons. The molecule has 2 rings (SSSR count). The van der Waals surface area contributed by atoms with E-state index in [1.165, 1.54) is 7.11 Å². The third-order valence-corrected chi connectivity index (χ3v) is 2.88. The van der Waals surface area contributed by atoms with Crippen molar-refractivity contribution in [2.75, 3.05) is 19.4 Å². The predicted molar refractivity (Wildman–Crippen MR) is 77.7 cm³/mol. The average molecular weight is 271 g/mol. The minimum absolute atomic E-state index is 0.157. The molecular weight excluding hydrogens is 254 g/mol. The Bertz CT molecular complexity index is 585. The van der Waals surface area contributed by atoms with E-state index in [-0.39, 0.29) is 5.91 Å². The Morgan fingerprint density at radius 3 is 2.85 bits per heavy atom. The van der Waals surface area contributed by atoms with E-state index in [0.717, 1.165) is 5.69 Å². The van der Waals surface area contributed by atoms with Gasteiger partial charge < -0.3 is 15.8 Å². The van der Waals surface area contributed by atoms with Gasteiger partial charge in [-0.15, -0.1) is 0 Å². The second kappa shape index (κ2) is 6.56. The number of nitrogens with two attached hydrogens (primary N) is 1. The van der Waals surface area contributed by atoms with Crippen molar-refractivity contribution in [1.29, 1.82) is 0 Å². The second-order valence-corrected chi connectivity index (χ2v) is 4.28. The van der Waals surface area contributed by atoms with E-state index in [4.69, 9.17) is 10.5 Å². The van der Waals surface area contributed by atoms with Gasteiger partial charge in [0.2, 0.25) is 0 Å². The molecule has 0 aliphatic rings. The standard InChI is InChI=1S/C15H17N3O2/c1-20-14-6-5-11(10-13(14)16)15(19)18-9-7-12-4-2-3-8-17-12/h2-6,8,10H,7,9,16H2,1H3,(H,18,19). The van der Waals surface area contributed by atoms with Crippen LogP contribution in [-0.2, 0) is 6.42 Å². The minimum atomic E-state index is -0.157. The zero-order valence-electron chi connectivity index (χ0n) is 11.3. The van der Waals surface area contributed by atoms with Crippen molar-refractivity contribution in [3.05, 3.63) is 53.9 Å². The molecule has 0 radical (unpaired) electrons. The largest absolute Gasteiger partial charge is 0.495 e. The van der Waals surface area contributed by atoms with Gasteiger partial charge in [-0.25, -0.2) is 0 Å². The van der Waals surface area contributed by atoms with E-state index in [1.54, 1.807) is 24.4 Å². The van der Waals surface area contributed by atoms with Crippen molar-refractivity contribution in [3.8, 4) is 5.75 Å². The van der Waals surface area contributed by atoms with Crippen LogP contribution in [0.2, 0.25) is 0 Å². The summed E-state index contributed by atoms with van der Waals surface area (Å²) in [6, 6.07) is 10.7. The Morgan fingerprint density at radius 1 is 1.35 bits per heavy atom. The van der Waals surface area contributed by atoms with Crippen molar-refractivity contribution in [2.45, 2.75) is 6.42 Å². The van der Waals surface area contributed by atoms with Gasteiger partial charge >= 0.3 is 0 Å². The highest BCUT2D eigenvalue weighted by molar-refractivity contribution is 5.95. The highest BCUT2D eigenvalue weighted by Crippen LogP contribution is 2.21. The molecule has 0 saturated carbocycles. The molecule has 0 fully saturated rings. The summed E-state index contributed by atoms with van der Waals surface area (Å²) in [6.45, 7) is 0.530. The summed E-state index contributed by atoms with van der Waals surface area (Å²) in [6.07, 6.45) is 2.43. The summed E-state index contributed by atoms with van der Waals surface area (Å²) in [5.74, 6) is 0.408. The van der Waals surface area contributed by atoms with Crippen LogP contribution in [0.15, 0.2) is 42.6 Å². The fraction of sp³-hybridized carbons (Fsp3) is 0.200. The minimum Gasteiger partial charge on any atom is -0.495 e. The molecule has 0 unspecified atom stereocenters. The lowest BCUT2D eigenvalue weighted by Gasteiger charge is -2.08. The van der Waals surface area contributed by atoms with E-state index in [9.17, 15) is 4.79 Å². The van der Waals surface area contributed by atoms with Crippen LogP contribution >= 0.6 is 0 Å². The fourth-order valence-electron chi connectivity index (χ4n) is 1.83. The Kier molecular flexibility index (Phi) is 4.55.